The van der Waals surface area contributed by atoms with E-state index in [1.165, 1.54) is 11.3 Å². The van der Waals surface area contributed by atoms with E-state index in [0.29, 0.717) is 12.1 Å². The summed E-state index contributed by atoms with van der Waals surface area (Å²) in [4.78, 5) is 0.940. The van der Waals surface area contributed by atoms with Gasteiger partial charge in [-0.15, -0.1) is 11.3 Å². The normalized spacial score (nSPS) is 11.9. The summed E-state index contributed by atoms with van der Waals surface area (Å²) in [6, 6.07) is 3.78. The summed E-state index contributed by atoms with van der Waals surface area (Å²) in [6.07, 6.45) is 2.53. The average molecular weight is 393 g/mol. The Morgan fingerprint density at radius 2 is 2.19 bits per heavy atom. The first-order chi connectivity index (χ1) is 10.0. The van der Waals surface area contributed by atoms with Crippen LogP contribution in [0.15, 0.2) is 27.1 Å². The molecule has 0 fully saturated rings. The molecule has 0 aliphatic rings. The number of H-pyrrole nitrogens is 1. The predicted octanol–water partition coefficient (Wildman–Crippen LogP) is 2.21. The van der Waals surface area contributed by atoms with Gasteiger partial charge in [-0.2, -0.15) is 5.10 Å². The molecule has 3 N–H and O–H groups in total. The van der Waals surface area contributed by atoms with Gasteiger partial charge >= 0.3 is 0 Å². The van der Waals surface area contributed by atoms with Crippen molar-refractivity contribution in [3.8, 4) is 0 Å². The summed E-state index contributed by atoms with van der Waals surface area (Å²) >= 11 is 4.85. The van der Waals surface area contributed by atoms with Gasteiger partial charge in [0.25, 0.3) is 10.0 Å². The molecule has 2 rings (SSSR count). The maximum absolute atomic E-state index is 12.3. The van der Waals surface area contributed by atoms with Crippen LogP contribution in [-0.4, -0.2) is 25.2 Å². The second-order valence-electron chi connectivity index (χ2n) is 4.43. The number of rotatable bonds is 8. The first kappa shape index (κ1) is 16.6. The van der Waals surface area contributed by atoms with E-state index < -0.39 is 10.0 Å². The number of aromatic amines is 1. The molecule has 116 valence electrons. The Bertz CT molecular complexity index is 681. The van der Waals surface area contributed by atoms with Crippen molar-refractivity contribution < 1.29 is 8.42 Å². The van der Waals surface area contributed by atoms with E-state index >= 15 is 0 Å². The molecule has 0 aliphatic heterocycles. The van der Waals surface area contributed by atoms with Crippen molar-refractivity contribution in [1.29, 1.82) is 0 Å². The van der Waals surface area contributed by atoms with Gasteiger partial charge in [-0.05, 0) is 41.0 Å². The lowest BCUT2D eigenvalue weighted by molar-refractivity contribution is 0.574. The van der Waals surface area contributed by atoms with E-state index in [4.69, 9.17) is 0 Å². The molecule has 21 heavy (non-hydrogen) atoms. The molecular formula is C12H17BrN4O2S2. The van der Waals surface area contributed by atoms with Gasteiger partial charge in [0.1, 0.15) is 0 Å². The maximum Gasteiger partial charge on any atom is 0.258 e. The van der Waals surface area contributed by atoms with E-state index in [1.54, 1.807) is 6.20 Å². The highest BCUT2D eigenvalue weighted by Crippen LogP contribution is 2.22. The monoisotopic (exact) mass is 392 g/mol. The lowest BCUT2D eigenvalue weighted by atomic mass is 10.3. The fourth-order valence-corrected chi connectivity index (χ4v) is 4.39. The molecule has 0 aromatic carbocycles. The fraction of sp³-hybridized carbons (Fsp3) is 0.417. The SMILES string of the molecule is CCCNCc1cn[nH]c1S(=O)(=O)NCc1ccc(Br)s1. The summed E-state index contributed by atoms with van der Waals surface area (Å²) in [6.45, 7) is 3.63. The van der Waals surface area contributed by atoms with Crippen LogP contribution in [0.3, 0.4) is 0 Å². The van der Waals surface area contributed by atoms with Gasteiger partial charge in [0.05, 0.1) is 9.98 Å². The van der Waals surface area contributed by atoms with Crippen molar-refractivity contribution in [2.45, 2.75) is 31.5 Å². The minimum Gasteiger partial charge on any atom is -0.313 e. The van der Waals surface area contributed by atoms with Gasteiger partial charge in [0.2, 0.25) is 0 Å². The van der Waals surface area contributed by atoms with E-state index in [-0.39, 0.29) is 11.6 Å². The number of halogens is 1. The molecule has 0 unspecified atom stereocenters. The Hall–Kier alpha value is -0.740. The Morgan fingerprint density at radius 1 is 1.38 bits per heavy atom. The standard InChI is InChI=1S/C12H17BrN4O2S2/c1-2-5-14-6-9-7-15-17-12(9)21(18,19)16-8-10-3-4-11(13)20-10/h3-4,7,14,16H,2,5-6,8H2,1H3,(H,15,17). The minimum absolute atomic E-state index is 0.127. The van der Waals surface area contributed by atoms with Crippen molar-refractivity contribution >= 4 is 37.3 Å². The van der Waals surface area contributed by atoms with E-state index in [2.05, 4.69) is 43.1 Å². The summed E-state index contributed by atoms with van der Waals surface area (Å²) in [7, 11) is -3.59. The van der Waals surface area contributed by atoms with Crippen LogP contribution in [0, 0.1) is 0 Å². The molecular weight excluding hydrogens is 376 g/mol. The van der Waals surface area contributed by atoms with Gasteiger partial charge in [-0.1, -0.05) is 6.92 Å². The van der Waals surface area contributed by atoms with Crippen LogP contribution in [0.25, 0.3) is 0 Å². The summed E-state index contributed by atoms with van der Waals surface area (Å²) in [5.74, 6) is 0. The zero-order valence-electron chi connectivity index (χ0n) is 11.5. The molecule has 2 heterocycles. The van der Waals surface area contributed by atoms with Crippen LogP contribution in [-0.2, 0) is 23.1 Å². The van der Waals surface area contributed by atoms with Crippen molar-refractivity contribution in [2.75, 3.05) is 6.54 Å². The Morgan fingerprint density at radius 3 is 2.86 bits per heavy atom. The lowest BCUT2D eigenvalue weighted by Gasteiger charge is -2.07. The van der Waals surface area contributed by atoms with E-state index in [9.17, 15) is 8.42 Å². The second kappa shape index (κ2) is 7.50. The Kier molecular flexibility index (Phi) is 5.94. The molecule has 0 radical (unpaired) electrons. The van der Waals surface area contributed by atoms with Crippen molar-refractivity contribution in [3.05, 3.63) is 32.6 Å². The maximum atomic E-state index is 12.3. The quantitative estimate of drug-likeness (QED) is 0.601. The van der Waals surface area contributed by atoms with E-state index in [1.807, 2.05) is 12.1 Å². The van der Waals surface area contributed by atoms with Gasteiger partial charge in [0, 0.05) is 23.5 Å². The lowest BCUT2D eigenvalue weighted by Crippen LogP contribution is -2.25. The molecule has 0 atom stereocenters. The number of sulfonamides is 1. The third kappa shape index (κ3) is 4.62. The topological polar surface area (TPSA) is 86.9 Å². The van der Waals surface area contributed by atoms with Crippen LogP contribution in [0.4, 0.5) is 0 Å². The molecule has 0 aliphatic carbocycles. The van der Waals surface area contributed by atoms with Crippen molar-refractivity contribution in [1.82, 2.24) is 20.2 Å². The first-order valence-corrected chi connectivity index (χ1v) is 9.59. The molecule has 2 aromatic rings. The Labute approximate surface area is 136 Å². The molecule has 6 nitrogen and oxygen atoms in total. The van der Waals surface area contributed by atoms with Crippen LogP contribution in [0.2, 0.25) is 0 Å². The summed E-state index contributed by atoms with van der Waals surface area (Å²) in [5, 5.41) is 9.70. The van der Waals surface area contributed by atoms with Crippen LogP contribution in [0.1, 0.15) is 23.8 Å². The number of aromatic nitrogens is 2. The molecule has 9 heteroatoms. The molecule has 0 saturated carbocycles. The molecule has 0 saturated heterocycles. The molecule has 0 bridgehead atoms. The third-order valence-corrected chi connectivity index (χ3v) is 5.79. The summed E-state index contributed by atoms with van der Waals surface area (Å²) < 4.78 is 28.2. The fourth-order valence-electron chi connectivity index (χ4n) is 1.74. The number of hydrogen-bond donors (Lipinski definition) is 3. The zero-order valence-corrected chi connectivity index (χ0v) is 14.7. The first-order valence-electron chi connectivity index (χ1n) is 6.49. The number of nitrogens with one attached hydrogen (secondary N) is 3. The third-order valence-electron chi connectivity index (χ3n) is 2.75. The highest BCUT2D eigenvalue weighted by Gasteiger charge is 2.20. The van der Waals surface area contributed by atoms with E-state index in [0.717, 1.165) is 21.6 Å². The smallest absolute Gasteiger partial charge is 0.258 e. The second-order valence-corrected chi connectivity index (χ2v) is 8.68. The Balaban J connectivity index is 2.03. The number of nitrogens with zero attached hydrogens (tertiary/aromatic N) is 1. The van der Waals surface area contributed by atoms with Gasteiger partial charge in [-0.3, -0.25) is 5.10 Å². The average Bonchev–Trinajstić information content (AvgIpc) is 3.06. The van der Waals surface area contributed by atoms with Crippen LogP contribution < -0.4 is 10.0 Å². The van der Waals surface area contributed by atoms with Gasteiger partial charge in [-0.25, -0.2) is 13.1 Å². The summed E-state index contributed by atoms with van der Waals surface area (Å²) in [5.41, 5.74) is 0.642. The highest BCUT2D eigenvalue weighted by atomic mass is 79.9. The zero-order chi connectivity index (χ0) is 15.3. The molecule has 2 aromatic heterocycles. The van der Waals surface area contributed by atoms with Crippen LogP contribution in [0.5, 0.6) is 0 Å². The highest BCUT2D eigenvalue weighted by molar-refractivity contribution is 9.11. The van der Waals surface area contributed by atoms with Crippen molar-refractivity contribution in [2.24, 2.45) is 0 Å². The number of hydrogen-bond acceptors (Lipinski definition) is 5. The largest absolute Gasteiger partial charge is 0.313 e. The minimum atomic E-state index is -3.59. The number of thiophene rings is 1. The van der Waals surface area contributed by atoms with Gasteiger partial charge < -0.3 is 5.32 Å². The predicted molar refractivity (Wildman–Crippen MR) is 86.6 cm³/mol. The van der Waals surface area contributed by atoms with Crippen LogP contribution >= 0.6 is 27.3 Å². The molecule has 0 spiro atoms. The molecule has 0 amide bonds. The van der Waals surface area contributed by atoms with Crippen molar-refractivity contribution in [3.63, 3.8) is 0 Å². The van der Waals surface area contributed by atoms with Gasteiger partial charge in [0.15, 0.2) is 5.03 Å².